The normalized spacial score (nSPS) is 13.2. The predicted molar refractivity (Wildman–Crippen MR) is 168 cm³/mol. The molecular formula is C36H46O8. The average molecular weight is 607 g/mol. The van der Waals surface area contributed by atoms with Gasteiger partial charge < -0.3 is 28.4 Å². The van der Waals surface area contributed by atoms with Gasteiger partial charge in [0.15, 0.2) is 0 Å². The Morgan fingerprint density at radius 2 is 1.20 bits per heavy atom. The zero-order valence-electron chi connectivity index (χ0n) is 25.9. The van der Waals surface area contributed by atoms with Gasteiger partial charge in [0.2, 0.25) is 0 Å². The molecule has 3 rings (SSSR count). The van der Waals surface area contributed by atoms with Gasteiger partial charge in [-0.15, -0.1) is 0 Å². The van der Waals surface area contributed by atoms with Gasteiger partial charge in [0, 0.05) is 13.5 Å². The molecule has 0 fully saturated rings. The molecule has 8 nitrogen and oxygen atoms in total. The van der Waals surface area contributed by atoms with Crippen LogP contribution in [-0.4, -0.2) is 57.2 Å². The third-order valence-corrected chi connectivity index (χ3v) is 6.93. The molecule has 0 saturated heterocycles. The lowest BCUT2D eigenvalue weighted by molar-refractivity contribution is -0.199. The number of unbranched alkanes of at least 4 members (excludes halogenated alkanes) is 2. The highest BCUT2D eigenvalue weighted by atomic mass is 16.7. The second kappa shape index (κ2) is 21.3. The third kappa shape index (κ3) is 13.9. The Kier molecular flexibility index (Phi) is 17.0. The molecule has 0 saturated carbocycles. The van der Waals surface area contributed by atoms with Gasteiger partial charge in [-0.2, -0.15) is 0 Å². The summed E-state index contributed by atoms with van der Waals surface area (Å²) in [5, 5.41) is 0. The van der Waals surface area contributed by atoms with E-state index < -0.39 is 24.3 Å². The standard InChI is InChI=1S/C36H46O8/c1-3-4-8-21-32(37)22-35(38)42-27-34(41-24-30-17-11-6-12-18-30)36(43-25-31-19-13-7-14-20-31)33(44-28-39-2)26-40-23-29-15-9-5-10-16-29/h5-7,9-20,33-34,36H,3-4,8,21-28H2,1-2H3/t33-,34+,36+/m1/s1. The summed E-state index contributed by atoms with van der Waals surface area (Å²) in [5.74, 6) is -0.714. The van der Waals surface area contributed by atoms with Gasteiger partial charge in [-0.1, -0.05) is 111 Å². The first kappa shape index (κ1) is 35.1. The summed E-state index contributed by atoms with van der Waals surface area (Å²) in [6.07, 6.45) is 0.744. The number of rotatable bonds is 23. The second-order valence-corrected chi connectivity index (χ2v) is 10.6. The summed E-state index contributed by atoms with van der Waals surface area (Å²) < 4.78 is 35.9. The number of ether oxygens (including phenoxy) is 6. The number of methoxy groups -OCH3 is 1. The van der Waals surface area contributed by atoms with Crippen LogP contribution in [0.5, 0.6) is 0 Å². The van der Waals surface area contributed by atoms with Crippen LogP contribution in [0.4, 0.5) is 0 Å². The molecule has 0 amide bonds. The number of benzene rings is 3. The smallest absolute Gasteiger partial charge is 0.313 e. The van der Waals surface area contributed by atoms with Gasteiger partial charge in [0.1, 0.15) is 43.9 Å². The van der Waals surface area contributed by atoms with Crippen LogP contribution < -0.4 is 0 Å². The van der Waals surface area contributed by atoms with Crippen LogP contribution in [0.25, 0.3) is 0 Å². The average Bonchev–Trinajstić information content (AvgIpc) is 3.05. The molecule has 8 heteroatoms. The Morgan fingerprint density at radius 1 is 0.659 bits per heavy atom. The molecule has 0 aliphatic rings. The number of esters is 1. The van der Waals surface area contributed by atoms with Crippen molar-refractivity contribution in [2.24, 2.45) is 0 Å². The largest absolute Gasteiger partial charge is 0.462 e. The molecule has 0 spiro atoms. The van der Waals surface area contributed by atoms with Crippen molar-refractivity contribution in [1.82, 2.24) is 0 Å². The van der Waals surface area contributed by atoms with Crippen molar-refractivity contribution in [2.45, 2.75) is 77.2 Å². The molecule has 0 N–H and O–H groups in total. The van der Waals surface area contributed by atoms with Crippen LogP contribution in [0.3, 0.4) is 0 Å². The minimum atomic E-state index is -0.736. The highest BCUT2D eigenvalue weighted by molar-refractivity contribution is 5.95. The predicted octanol–water partition coefficient (Wildman–Crippen LogP) is 6.45. The summed E-state index contributed by atoms with van der Waals surface area (Å²) in [5.41, 5.74) is 2.94. The molecule has 0 radical (unpaired) electrons. The van der Waals surface area contributed by atoms with Crippen molar-refractivity contribution in [2.75, 3.05) is 27.1 Å². The molecule has 0 aliphatic carbocycles. The van der Waals surface area contributed by atoms with Crippen LogP contribution >= 0.6 is 0 Å². The van der Waals surface area contributed by atoms with Crippen molar-refractivity contribution < 1.29 is 38.0 Å². The molecule has 0 bridgehead atoms. The van der Waals surface area contributed by atoms with Gasteiger partial charge >= 0.3 is 5.97 Å². The Balaban J connectivity index is 1.79. The number of carbonyl (C=O) groups excluding carboxylic acids is 2. The molecule has 0 aromatic heterocycles. The van der Waals surface area contributed by atoms with E-state index in [9.17, 15) is 9.59 Å². The first-order chi connectivity index (χ1) is 21.6. The van der Waals surface area contributed by atoms with E-state index in [0.29, 0.717) is 13.0 Å². The number of ketones is 1. The topological polar surface area (TPSA) is 89.5 Å². The van der Waals surface area contributed by atoms with Crippen molar-refractivity contribution in [1.29, 1.82) is 0 Å². The highest BCUT2D eigenvalue weighted by Crippen LogP contribution is 2.19. The maximum atomic E-state index is 12.7. The van der Waals surface area contributed by atoms with Gasteiger partial charge in [-0.3, -0.25) is 9.59 Å². The van der Waals surface area contributed by atoms with E-state index in [2.05, 4.69) is 6.92 Å². The van der Waals surface area contributed by atoms with E-state index >= 15 is 0 Å². The zero-order chi connectivity index (χ0) is 31.2. The second-order valence-electron chi connectivity index (χ2n) is 10.6. The molecule has 3 aromatic rings. The number of Topliss-reactive ketones (excluding diaryl/α,β-unsaturated/α-hetero) is 1. The molecule has 238 valence electrons. The van der Waals surface area contributed by atoms with Crippen LogP contribution in [0, 0.1) is 0 Å². The fourth-order valence-corrected chi connectivity index (χ4v) is 4.54. The summed E-state index contributed by atoms with van der Waals surface area (Å²) >= 11 is 0. The lowest BCUT2D eigenvalue weighted by Crippen LogP contribution is -2.47. The molecule has 0 heterocycles. The SMILES string of the molecule is CCCCCC(=O)CC(=O)OC[C@H](OCc1ccccc1)[C@@H](OCc1ccccc1)[C@@H](COCc1ccccc1)OCOC. The summed E-state index contributed by atoms with van der Waals surface area (Å²) in [6.45, 7) is 3.02. The van der Waals surface area contributed by atoms with Crippen LogP contribution in [0.15, 0.2) is 91.0 Å². The number of hydrogen-bond donors (Lipinski definition) is 0. The molecule has 3 atom stereocenters. The van der Waals surface area contributed by atoms with E-state index in [4.69, 9.17) is 28.4 Å². The molecule has 0 aliphatic heterocycles. The van der Waals surface area contributed by atoms with E-state index in [1.165, 1.54) is 0 Å². The van der Waals surface area contributed by atoms with Crippen LogP contribution in [0.1, 0.15) is 55.7 Å². The van der Waals surface area contributed by atoms with E-state index in [1.807, 2.05) is 91.0 Å². The van der Waals surface area contributed by atoms with Crippen LogP contribution in [0.2, 0.25) is 0 Å². The van der Waals surface area contributed by atoms with Crippen LogP contribution in [-0.2, 0) is 57.8 Å². The maximum Gasteiger partial charge on any atom is 0.313 e. The van der Waals surface area contributed by atoms with E-state index in [-0.39, 0.29) is 45.4 Å². The minimum absolute atomic E-state index is 0.00200. The maximum absolute atomic E-state index is 12.7. The quantitative estimate of drug-likeness (QED) is 0.0527. The summed E-state index contributed by atoms with van der Waals surface area (Å²) in [6, 6.07) is 29.3. The molecule has 0 unspecified atom stereocenters. The van der Waals surface area contributed by atoms with Crippen molar-refractivity contribution in [3.05, 3.63) is 108 Å². The van der Waals surface area contributed by atoms with Gasteiger partial charge in [0.05, 0.1) is 26.4 Å². The van der Waals surface area contributed by atoms with Crippen molar-refractivity contribution >= 4 is 11.8 Å². The third-order valence-electron chi connectivity index (χ3n) is 6.93. The lowest BCUT2D eigenvalue weighted by atomic mass is 10.1. The Hall–Kier alpha value is -3.40. The van der Waals surface area contributed by atoms with Gasteiger partial charge in [-0.25, -0.2) is 0 Å². The fourth-order valence-electron chi connectivity index (χ4n) is 4.54. The first-order valence-corrected chi connectivity index (χ1v) is 15.3. The molecule has 3 aromatic carbocycles. The highest BCUT2D eigenvalue weighted by Gasteiger charge is 2.34. The lowest BCUT2D eigenvalue weighted by Gasteiger charge is -2.33. The van der Waals surface area contributed by atoms with Gasteiger partial charge in [-0.05, 0) is 23.1 Å². The Bertz CT molecular complexity index is 1170. The number of hydrogen-bond acceptors (Lipinski definition) is 8. The van der Waals surface area contributed by atoms with Gasteiger partial charge in [0.25, 0.3) is 0 Å². The zero-order valence-corrected chi connectivity index (χ0v) is 25.9. The number of carbonyl (C=O) groups is 2. The van der Waals surface area contributed by atoms with E-state index in [1.54, 1.807) is 7.11 Å². The Labute approximate surface area is 261 Å². The first-order valence-electron chi connectivity index (χ1n) is 15.3. The molecular weight excluding hydrogens is 560 g/mol. The van der Waals surface area contributed by atoms with Crippen molar-refractivity contribution in [3.63, 3.8) is 0 Å². The fraction of sp³-hybridized carbons (Fsp3) is 0.444. The van der Waals surface area contributed by atoms with E-state index in [0.717, 1.165) is 36.0 Å². The summed E-state index contributed by atoms with van der Waals surface area (Å²) in [7, 11) is 1.55. The minimum Gasteiger partial charge on any atom is -0.462 e. The summed E-state index contributed by atoms with van der Waals surface area (Å²) in [4.78, 5) is 25.1. The monoisotopic (exact) mass is 606 g/mol. The molecule has 44 heavy (non-hydrogen) atoms. The Morgan fingerprint density at radius 3 is 1.77 bits per heavy atom. The van der Waals surface area contributed by atoms with Crippen molar-refractivity contribution in [3.8, 4) is 0 Å².